The zero-order valence-electron chi connectivity index (χ0n) is 19.8. The Morgan fingerprint density at radius 1 is 1.06 bits per heavy atom. The molecule has 2 aromatic carbocycles. The summed E-state index contributed by atoms with van der Waals surface area (Å²) in [7, 11) is -3.56. The molecule has 1 saturated heterocycles. The van der Waals surface area contributed by atoms with Crippen molar-refractivity contribution in [2.45, 2.75) is 35.6 Å². The van der Waals surface area contributed by atoms with Gasteiger partial charge in [0.2, 0.25) is 10.0 Å². The largest absolute Gasteiger partial charge is 0.279 e. The van der Waals surface area contributed by atoms with Crippen LogP contribution in [0, 0.1) is 0 Å². The van der Waals surface area contributed by atoms with E-state index in [4.69, 9.17) is 4.98 Å². The predicted octanol–water partition coefficient (Wildman–Crippen LogP) is 5.43. The van der Waals surface area contributed by atoms with Crippen LogP contribution in [0.2, 0.25) is 0 Å². The Kier molecular flexibility index (Phi) is 7.38. The third kappa shape index (κ3) is 5.04. The van der Waals surface area contributed by atoms with Crippen LogP contribution in [0.4, 0.5) is 5.13 Å². The van der Waals surface area contributed by atoms with Crippen molar-refractivity contribution in [2.75, 3.05) is 24.2 Å². The Morgan fingerprint density at radius 2 is 1.83 bits per heavy atom. The van der Waals surface area contributed by atoms with Crippen molar-refractivity contribution in [1.29, 1.82) is 0 Å². The minimum atomic E-state index is -3.56. The molecule has 0 radical (unpaired) electrons. The van der Waals surface area contributed by atoms with Crippen LogP contribution >= 0.6 is 23.1 Å². The zero-order chi connectivity index (χ0) is 25.1. The molecule has 0 saturated carbocycles. The van der Waals surface area contributed by atoms with Crippen molar-refractivity contribution in [3.8, 4) is 0 Å². The maximum absolute atomic E-state index is 13.8. The van der Waals surface area contributed by atoms with E-state index in [0.29, 0.717) is 30.3 Å². The van der Waals surface area contributed by atoms with E-state index in [1.807, 2.05) is 36.6 Å². The van der Waals surface area contributed by atoms with Crippen molar-refractivity contribution < 1.29 is 13.2 Å². The van der Waals surface area contributed by atoms with Gasteiger partial charge >= 0.3 is 0 Å². The standard InChI is InChI=1S/C26H26N4O3S3/c1-34-22-8-5-9-23-24(22)28-26(35-23)30(18-19-7-6-14-27-17-19)25(31)20-10-12-21(13-11-20)36(32,33)29-15-3-2-4-16-29/h5-14,17H,2-4,15-16,18H2,1H3. The number of piperidine rings is 1. The smallest absolute Gasteiger partial charge is 0.260 e. The number of anilines is 1. The number of thioether (sulfide) groups is 1. The third-order valence-corrected chi connectivity index (χ3v) is 9.91. The molecule has 10 heteroatoms. The Hall–Kier alpha value is -2.79. The molecule has 0 N–H and O–H groups in total. The normalized spacial score (nSPS) is 14.7. The molecule has 36 heavy (non-hydrogen) atoms. The number of carbonyl (C=O) groups excluding carboxylic acids is 1. The van der Waals surface area contributed by atoms with Gasteiger partial charge < -0.3 is 0 Å². The van der Waals surface area contributed by atoms with Crippen molar-refractivity contribution >= 4 is 54.4 Å². The molecule has 0 unspecified atom stereocenters. The van der Waals surface area contributed by atoms with Gasteiger partial charge in [-0.3, -0.25) is 14.7 Å². The minimum absolute atomic E-state index is 0.212. The van der Waals surface area contributed by atoms with Crippen LogP contribution < -0.4 is 4.90 Å². The lowest BCUT2D eigenvalue weighted by Gasteiger charge is -2.26. The first kappa shape index (κ1) is 24.9. The fraction of sp³-hybridized carbons (Fsp3) is 0.269. The second-order valence-electron chi connectivity index (χ2n) is 8.55. The van der Waals surface area contributed by atoms with Crippen molar-refractivity contribution in [3.05, 3.63) is 78.1 Å². The van der Waals surface area contributed by atoms with Crippen molar-refractivity contribution in [3.63, 3.8) is 0 Å². The summed E-state index contributed by atoms with van der Waals surface area (Å²) in [5.41, 5.74) is 2.15. The highest BCUT2D eigenvalue weighted by atomic mass is 32.2. The topological polar surface area (TPSA) is 83.5 Å². The number of hydrogen-bond donors (Lipinski definition) is 0. The number of rotatable bonds is 7. The first-order valence-electron chi connectivity index (χ1n) is 11.7. The number of aromatic nitrogens is 2. The molecule has 0 bridgehead atoms. The Balaban J connectivity index is 1.48. The lowest BCUT2D eigenvalue weighted by molar-refractivity contribution is 0.0985. The van der Waals surface area contributed by atoms with Crippen molar-refractivity contribution in [1.82, 2.24) is 14.3 Å². The SMILES string of the molecule is CSc1cccc2sc(N(Cc3cccnc3)C(=O)c3ccc(S(=O)(=O)N4CCCCC4)cc3)nc12. The fourth-order valence-corrected chi connectivity index (χ4v) is 7.41. The molecule has 1 fully saturated rings. The molecular formula is C26H26N4O3S3. The fourth-order valence-electron chi connectivity index (χ4n) is 4.27. The highest BCUT2D eigenvalue weighted by Gasteiger charge is 2.27. The number of para-hydroxylation sites is 1. The molecule has 5 rings (SSSR count). The first-order chi connectivity index (χ1) is 17.5. The molecule has 0 spiro atoms. The van der Waals surface area contributed by atoms with E-state index in [1.54, 1.807) is 41.2 Å². The zero-order valence-corrected chi connectivity index (χ0v) is 22.3. The lowest BCUT2D eigenvalue weighted by Crippen LogP contribution is -2.35. The van der Waals surface area contributed by atoms with E-state index in [9.17, 15) is 13.2 Å². The van der Waals surface area contributed by atoms with Gasteiger partial charge in [-0.2, -0.15) is 4.31 Å². The van der Waals surface area contributed by atoms with Gasteiger partial charge in [0, 0.05) is 35.9 Å². The average molecular weight is 539 g/mol. The van der Waals surface area contributed by atoms with E-state index in [2.05, 4.69) is 4.98 Å². The summed E-state index contributed by atoms with van der Waals surface area (Å²) in [5.74, 6) is -0.245. The van der Waals surface area contributed by atoms with Gasteiger partial charge in [0.1, 0.15) is 0 Å². The molecule has 7 nitrogen and oxygen atoms in total. The highest BCUT2D eigenvalue weighted by Crippen LogP contribution is 2.35. The predicted molar refractivity (Wildman–Crippen MR) is 145 cm³/mol. The number of fused-ring (bicyclic) bond motifs is 1. The quantitative estimate of drug-likeness (QED) is 0.292. The number of pyridine rings is 1. The van der Waals surface area contributed by atoms with Crippen LogP contribution in [0.25, 0.3) is 10.2 Å². The van der Waals surface area contributed by atoms with Crippen LogP contribution in [0.3, 0.4) is 0 Å². The summed E-state index contributed by atoms with van der Waals surface area (Å²) in [5, 5.41) is 0.588. The van der Waals surface area contributed by atoms with Crippen LogP contribution in [0.1, 0.15) is 35.2 Å². The van der Waals surface area contributed by atoms with Crippen LogP contribution in [0.5, 0.6) is 0 Å². The van der Waals surface area contributed by atoms with Gasteiger partial charge in [-0.05, 0) is 67.1 Å². The summed E-state index contributed by atoms with van der Waals surface area (Å²) in [4.78, 5) is 25.7. The summed E-state index contributed by atoms with van der Waals surface area (Å²) in [6.07, 6.45) is 8.23. The molecule has 1 amide bonds. The number of benzene rings is 2. The average Bonchev–Trinajstić information content (AvgIpc) is 3.37. The second kappa shape index (κ2) is 10.7. The van der Waals surface area contributed by atoms with Crippen LogP contribution in [-0.2, 0) is 16.6 Å². The maximum Gasteiger partial charge on any atom is 0.260 e. The molecular weight excluding hydrogens is 513 g/mol. The molecule has 2 aromatic heterocycles. The van der Waals surface area contributed by atoms with Gasteiger partial charge in [-0.1, -0.05) is 29.9 Å². The first-order valence-corrected chi connectivity index (χ1v) is 15.2. The number of thiazole rings is 1. The van der Waals surface area contributed by atoms with Gasteiger partial charge in [0.05, 0.1) is 21.7 Å². The number of amides is 1. The number of carbonyl (C=O) groups is 1. The van der Waals surface area contributed by atoms with Gasteiger partial charge in [-0.15, -0.1) is 11.8 Å². The molecule has 1 aliphatic heterocycles. The molecule has 0 aliphatic carbocycles. The van der Waals surface area contributed by atoms with Crippen LogP contribution in [-0.4, -0.2) is 47.9 Å². The highest BCUT2D eigenvalue weighted by molar-refractivity contribution is 7.98. The van der Waals surface area contributed by atoms with Gasteiger partial charge in [0.15, 0.2) is 5.13 Å². The third-order valence-electron chi connectivity index (χ3n) is 6.18. The Morgan fingerprint density at radius 3 is 2.53 bits per heavy atom. The van der Waals surface area contributed by atoms with Crippen LogP contribution in [0.15, 0.2) is 76.8 Å². The Bertz CT molecular complexity index is 1470. The maximum atomic E-state index is 13.8. The van der Waals surface area contributed by atoms with E-state index in [1.165, 1.54) is 27.8 Å². The van der Waals surface area contributed by atoms with E-state index >= 15 is 0 Å². The number of sulfonamides is 1. The molecule has 1 aliphatic rings. The monoisotopic (exact) mass is 538 g/mol. The van der Waals surface area contributed by atoms with Gasteiger partial charge in [0.25, 0.3) is 5.91 Å². The minimum Gasteiger partial charge on any atom is -0.279 e. The van der Waals surface area contributed by atoms with E-state index in [0.717, 1.165) is 39.9 Å². The Labute approximate surface area is 219 Å². The molecule has 3 heterocycles. The summed E-state index contributed by atoms with van der Waals surface area (Å²) < 4.78 is 28.6. The summed E-state index contributed by atoms with van der Waals surface area (Å²) in [6.45, 7) is 1.38. The van der Waals surface area contributed by atoms with Crippen molar-refractivity contribution in [2.24, 2.45) is 0 Å². The molecule has 0 atom stereocenters. The second-order valence-corrected chi connectivity index (χ2v) is 12.3. The number of hydrogen-bond acceptors (Lipinski definition) is 7. The van der Waals surface area contributed by atoms with E-state index < -0.39 is 10.0 Å². The summed E-state index contributed by atoms with van der Waals surface area (Å²) >= 11 is 3.08. The molecule has 4 aromatic rings. The molecule has 186 valence electrons. The van der Waals surface area contributed by atoms with Gasteiger partial charge in [-0.25, -0.2) is 13.4 Å². The van der Waals surface area contributed by atoms with E-state index in [-0.39, 0.29) is 10.8 Å². The number of nitrogens with zero attached hydrogens (tertiary/aromatic N) is 4. The summed E-state index contributed by atoms with van der Waals surface area (Å²) in [6, 6.07) is 16.0. The lowest BCUT2D eigenvalue weighted by atomic mass is 10.2.